The zero-order valence-electron chi connectivity index (χ0n) is 4.98. The second-order valence-electron chi connectivity index (χ2n) is 1.81. The molecule has 0 aliphatic rings. The lowest BCUT2D eigenvalue weighted by Crippen LogP contribution is -2.17. The first kappa shape index (κ1) is 6.96. The Kier molecular flexibility index (Phi) is 4.10. The van der Waals surface area contributed by atoms with Gasteiger partial charge in [-0.3, -0.25) is 0 Å². The van der Waals surface area contributed by atoms with Crippen molar-refractivity contribution in [2.45, 2.75) is 32.2 Å². The predicted molar refractivity (Wildman–Crippen MR) is 32.9 cm³/mol. The lowest BCUT2D eigenvalue weighted by molar-refractivity contribution is 0.602. The largest absolute Gasteiger partial charge is 0.328 e. The minimum Gasteiger partial charge on any atom is -0.328 e. The van der Waals surface area contributed by atoms with Crippen LogP contribution in [0.1, 0.15) is 26.2 Å². The van der Waals surface area contributed by atoms with E-state index in [0.29, 0.717) is 6.04 Å². The van der Waals surface area contributed by atoms with Crippen molar-refractivity contribution in [2.75, 3.05) is 0 Å². The van der Waals surface area contributed by atoms with Crippen molar-refractivity contribution < 1.29 is 0 Å². The second kappa shape index (κ2) is 4.13. The Bertz CT molecular complexity index is 35.2. The molecular weight excluding hydrogens is 86.1 g/mol. The number of nitrogens with two attached hydrogens (primary N) is 1. The standard InChI is InChI=1S/C6H14N/c1-3-5-6(7)4-2/h6H,1,3-5,7H2,2H3. The summed E-state index contributed by atoms with van der Waals surface area (Å²) in [6, 6.07) is 0.387. The summed E-state index contributed by atoms with van der Waals surface area (Å²) in [5, 5.41) is 0. The van der Waals surface area contributed by atoms with Crippen molar-refractivity contribution >= 4 is 0 Å². The summed E-state index contributed by atoms with van der Waals surface area (Å²) in [5.41, 5.74) is 5.54. The summed E-state index contributed by atoms with van der Waals surface area (Å²) >= 11 is 0. The molecule has 0 saturated heterocycles. The van der Waals surface area contributed by atoms with Gasteiger partial charge >= 0.3 is 0 Å². The van der Waals surface area contributed by atoms with Crippen molar-refractivity contribution in [3.8, 4) is 0 Å². The Labute approximate surface area is 45.9 Å². The second-order valence-corrected chi connectivity index (χ2v) is 1.81. The zero-order chi connectivity index (χ0) is 5.70. The molecule has 0 bridgehead atoms. The third kappa shape index (κ3) is 3.80. The molecule has 2 N–H and O–H groups in total. The maximum atomic E-state index is 5.54. The molecule has 0 spiro atoms. The van der Waals surface area contributed by atoms with Gasteiger partial charge in [-0.1, -0.05) is 20.3 Å². The van der Waals surface area contributed by atoms with Crippen LogP contribution in [0.4, 0.5) is 0 Å². The smallest absolute Gasteiger partial charge is 0.00362 e. The van der Waals surface area contributed by atoms with Crippen LogP contribution >= 0.6 is 0 Å². The Hall–Kier alpha value is -0.0400. The first-order valence-electron chi connectivity index (χ1n) is 2.86. The summed E-state index contributed by atoms with van der Waals surface area (Å²) in [6.45, 7) is 5.79. The molecule has 0 aromatic rings. The van der Waals surface area contributed by atoms with Crippen LogP contribution in [0.3, 0.4) is 0 Å². The normalized spacial score (nSPS) is 14.1. The molecule has 0 aliphatic carbocycles. The van der Waals surface area contributed by atoms with Gasteiger partial charge in [0.1, 0.15) is 0 Å². The Balaban J connectivity index is 2.83. The molecule has 0 aromatic carbocycles. The van der Waals surface area contributed by atoms with Crippen LogP contribution in [0.5, 0.6) is 0 Å². The van der Waals surface area contributed by atoms with Crippen molar-refractivity contribution in [1.82, 2.24) is 0 Å². The van der Waals surface area contributed by atoms with E-state index in [1.54, 1.807) is 0 Å². The average Bonchev–Trinajstić information content (AvgIpc) is 1.68. The molecular formula is C6H14N. The van der Waals surface area contributed by atoms with Crippen LogP contribution in [0.25, 0.3) is 0 Å². The van der Waals surface area contributed by atoms with Crippen molar-refractivity contribution in [1.29, 1.82) is 0 Å². The van der Waals surface area contributed by atoms with E-state index in [4.69, 9.17) is 5.73 Å². The Morgan fingerprint density at radius 3 is 2.43 bits per heavy atom. The molecule has 43 valence electrons. The highest BCUT2D eigenvalue weighted by molar-refractivity contribution is 4.57. The molecule has 0 aromatic heterocycles. The quantitative estimate of drug-likeness (QED) is 0.569. The zero-order valence-corrected chi connectivity index (χ0v) is 4.98. The molecule has 1 atom stereocenters. The van der Waals surface area contributed by atoms with Gasteiger partial charge in [-0.25, -0.2) is 0 Å². The molecule has 0 saturated carbocycles. The van der Waals surface area contributed by atoms with Crippen LogP contribution in [0, 0.1) is 6.92 Å². The van der Waals surface area contributed by atoms with Crippen molar-refractivity contribution in [3.63, 3.8) is 0 Å². The Morgan fingerprint density at radius 1 is 1.71 bits per heavy atom. The predicted octanol–water partition coefficient (Wildman–Crippen LogP) is 1.34. The first-order valence-corrected chi connectivity index (χ1v) is 2.86. The van der Waals surface area contributed by atoms with Gasteiger partial charge < -0.3 is 5.73 Å². The van der Waals surface area contributed by atoms with Gasteiger partial charge in [0.25, 0.3) is 0 Å². The molecule has 7 heavy (non-hydrogen) atoms. The minimum atomic E-state index is 0.387. The third-order valence-electron chi connectivity index (χ3n) is 1.10. The summed E-state index contributed by atoms with van der Waals surface area (Å²) in [7, 11) is 0. The number of hydrogen-bond acceptors (Lipinski definition) is 1. The number of hydrogen-bond donors (Lipinski definition) is 1. The maximum Gasteiger partial charge on any atom is 0.00362 e. The molecule has 0 rings (SSSR count). The van der Waals surface area contributed by atoms with Gasteiger partial charge in [0.15, 0.2) is 0 Å². The molecule has 1 unspecified atom stereocenters. The lowest BCUT2D eigenvalue weighted by atomic mass is 10.1. The molecule has 1 heteroatoms. The fourth-order valence-electron chi connectivity index (χ4n) is 0.466. The van der Waals surface area contributed by atoms with Gasteiger partial charge in [-0.15, -0.1) is 0 Å². The lowest BCUT2D eigenvalue weighted by Gasteiger charge is -2.03. The minimum absolute atomic E-state index is 0.387. The summed E-state index contributed by atoms with van der Waals surface area (Å²) in [6.07, 6.45) is 3.11. The van der Waals surface area contributed by atoms with Crippen molar-refractivity contribution in [3.05, 3.63) is 6.92 Å². The maximum absolute atomic E-state index is 5.54. The highest BCUT2D eigenvalue weighted by atomic mass is 14.6. The van der Waals surface area contributed by atoms with Gasteiger partial charge in [0.05, 0.1) is 0 Å². The van der Waals surface area contributed by atoms with Gasteiger partial charge in [-0.05, 0) is 12.8 Å². The van der Waals surface area contributed by atoms with Crippen molar-refractivity contribution in [2.24, 2.45) is 5.73 Å². The summed E-state index contributed by atoms with van der Waals surface area (Å²) in [4.78, 5) is 0. The molecule has 1 nitrogen and oxygen atoms in total. The van der Waals surface area contributed by atoms with E-state index in [1.807, 2.05) is 0 Å². The fraction of sp³-hybridized carbons (Fsp3) is 0.833. The average molecular weight is 100 g/mol. The summed E-state index contributed by atoms with van der Waals surface area (Å²) < 4.78 is 0. The third-order valence-corrected chi connectivity index (χ3v) is 1.10. The van der Waals surface area contributed by atoms with Gasteiger partial charge in [-0.2, -0.15) is 0 Å². The van der Waals surface area contributed by atoms with Crippen LogP contribution in [-0.2, 0) is 0 Å². The number of rotatable bonds is 3. The van der Waals surface area contributed by atoms with E-state index in [0.717, 1.165) is 19.3 Å². The highest BCUT2D eigenvalue weighted by Crippen LogP contribution is 1.94. The highest BCUT2D eigenvalue weighted by Gasteiger charge is 1.92. The Morgan fingerprint density at radius 2 is 2.29 bits per heavy atom. The molecule has 0 heterocycles. The van der Waals surface area contributed by atoms with E-state index >= 15 is 0 Å². The van der Waals surface area contributed by atoms with Crippen LogP contribution in [-0.4, -0.2) is 6.04 Å². The van der Waals surface area contributed by atoms with E-state index in [9.17, 15) is 0 Å². The van der Waals surface area contributed by atoms with E-state index in [-0.39, 0.29) is 0 Å². The monoisotopic (exact) mass is 100 g/mol. The summed E-state index contributed by atoms with van der Waals surface area (Å²) in [5.74, 6) is 0. The molecule has 1 radical (unpaired) electrons. The fourth-order valence-corrected chi connectivity index (χ4v) is 0.466. The van der Waals surface area contributed by atoms with E-state index in [1.165, 1.54) is 0 Å². The van der Waals surface area contributed by atoms with Crippen LogP contribution < -0.4 is 5.73 Å². The van der Waals surface area contributed by atoms with Crippen LogP contribution in [0.2, 0.25) is 0 Å². The molecule has 0 amide bonds. The first-order chi connectivity index (χ1) is 3.31. The molecule has 0 fully saturated rings. The van der Waals surface area contributed by atoms with E-state index in [2.05, 4.69) is 13.8 Å². The molecule has 0 aliphatic heterocycles. The van der Waals surface area contributed by atoms with Crippen LogP contribution in [0.15, 0.2) is 0 Å². The van der Waals surface area contributed by atoms with Gasteiger partial charge in [0.2, 0.25) is 0 Å². The van der Waals surface area contributed by atoms with Gasteiger partial charge in [0, 0.05) is 6.04 Å². The van der Waals surface area contributed by atoms with E-state index < -0.39 is 0 Å². The topological polar surface area (TPSA) is 26.0 Å². The SMILES string of the molecule is [CH2]CCC(N)CC.